The largest absolute Gasteiger partial charge is 0.383 e. The molecule has 0 saturated heterocycles. The highest BCUT2D eigenvalue weighted by molar-refractivity contribution is 5.79. The van der Waals surface area contributed by atoms with E-state index in [0.29, 0.717) is 6.61 Å². The first-order chi connectivity index (χ1) is 8.20. The molecule has 0 saturated carbocycles. The number of hydrogen-bond acceptors (Lipinski definition) is 2. The molecule has 2 N–H and O–H groups in total. The van der Waals surface area contributed by atoms with Crippen molar-refractivity contribution in [2.45, 2.75) is 40.0 Å². The Kier molecular flexibility index (Phi) is 11.2. The van der Waals surface area contributed by atoms with Crippen LogP contribution in [0.15, 0.2) is 4.99 Å². The van der Waals surface area contributed by atoms with Gasteiger partial charge in [0, 0.05) is 26.7 Å². The van der Waals surface area contributed by atoms with Crippen LogP contribution < -0.4 is 10.6 Å². The molecule has 4 nitrogen and oxygen atoms in total. The minimum Gasteiger partial charge on any atom is -0.383 e. The maximum Gasteiger partial charge on any atom is 0.191 e. The summed E-state index contributed by atoms with van der Waals surface area (Å²) in [4.78, 5) is 4.52. The number of ether oxygens (including phenoxy) is 1. The number of rotatable bonds is 9. The van der Waals surface area contributed by atoms with Gasteiger partial charge in [0.05, 0.1) is 6.61 Å². The topological polar surface area (TPSA) is 45.7 Å². The highest BCUT2D eigenvalue weighted by Crippen LogP contribution is 2.05. The van der Waals surface area contributed by atoms with Crippen molar-refractivity contribution in [1.82, 2.24) is 10.6 Å². The zero-order valence-electron chi connectivity index (χ0n) is 11.9. The quantitative estimate of drug-likeness (QED) is 0.370. The van der Waals surface area contributed by atoms with E-state index in [1.54, 1.807) is 7.11 Å². The Bertz CT molecular complexity index is 193. The lowest BCUT2D eigenvalue weighted by atomic mass is 10.1. The Hall–Kier alpha value is -0.770. The van der Waals surface area contributed by atoms with Crippen LogP contribution in [-0.2, 0) is 4.74 Å². The highest BCUT2D eigenvalue weighted by atomic mass is 16.5. The second-order valence-electron chi connectivity index (χ2n) is 4.57. The first-order valence-electron chi connectivity index (χ1n) is 6.71. The fourth-order valence-corrected chi connectivity index (χ4v) is 1.47. The van der Waals surface area contributed by atoms with Crippen molar-refractivity contribution in [2.75, 3.05) is 33.4 Å². The summed E-state index contributed by atoms with van der Waals surface area (Å²) in [6.07, 6.45) is 3.72. The molecule has 0 atom stereocenters. The van der Waals surface area contributed by atoms with Gasteiger partial charge in [-0.15, -0.1) is 0 Å². The van der Waals surface area contributed by atoms with E-state index < -0.39 is 0 Å². The van der Waals surface area contributed by atoms with Crippen LogP contribution in [0.1, 0.15) is 40.0 Å². The Morgan fingerprint density at radius 1 is 1.24 bits per heavy atom. The van der Waals surface area contributed by atoms with Gasteiger partial charge in [-0.05, 0) is 19.3 Å². The van der Waals surface area contributed by atoms with E-state index in [-0.39, 0.29) is 0 Å². The van der Waals surface area contributed by atoms with Crippen molar-refractivity contribution < 1.29 is 4.74 Å². The van der Waals surface area contributed by atoms with E-state index in [4.69, 9.17) is 4.74 Å². The predicted molar refractivity (Wildman–Crippen MR) is 74.5 cm³/mol. The molecule has 0 aromatic heterocycles. The lowest BCUT2D eigenvalue weighted by Gasteiger charge is -2.10. The van der Waals surface area contributed by atoms with Crippen LogP contribution in [0.5, 0.6) is 0 Å². The minimum absolute atomic E-state index is 0.706. The molecule has 0 rings (SSSR count). The number of nitrogens with one attached hydrogen (secondary N) is 2. The summed E-state index contributed by atoms with van der Waals surface area (Å²) >= 11 is 0. The van der Waals surface area contributed by atoms with Gasteiger partial charge in [0.1, 0.15) is 0 Å². The van der Waals surface area contributed by atoms with Crippen LogP contribution in [0.2, 0.25) is 0 Å². The monoisotopic (exact) mass is 243 g/mol. The van der Waals surface area contributed by atoms with E-state index in [2.05, 4.69) is 36.4 Å². The van der Waals surface area contributed by atoms with Crippen molar-refractivity contribution in [3.05, 3.63) is 0 Å². The van der Waals surface area contributed by atoms with Crippen LogP contribution in [0, 0.1) is 5.92 Å². The lowest BCUT2D eigenvalue weighted by molar-refractivity contribution is 0.203. The second-order valence-corrected chi connectivity index (χ2v) is 4.57. The molecule has 0 spiro atoms. The molecule has 17 heavy (non-hydrogen) atoms. The number of hydrogen-bond donors (Lipinski definition) is 2. The zero-order valence-corrected chi connectivity index (χ0v) is 11.9. The first-order valence-corrected chi connectivity index (χ1v) is 6.71. The second kappa shape index (κ2) is 11.7. The summed E-state index contributed by atoms with van der Waals surface area (Å²) < 4.78 is 4.99. The van der Waals surface area contributed by atoms with Crippen LogP contribution in [0.25, 0.3) is 0 Å². The average molecular weight is 243 g/mol. The van der Waals surface area contributed by atoms with Gasteiger partial charge in [0.25, 0.3) is 0 Å². The van der Waals surface area contributed by atoms with E-state index >= 15 is 0 Å². The summed E-state index contributed by atoms with van der Waals surface area (Å²) in [6, 6.07) is 0. The smallest absolute Gasteiger partial charge is 0.191 e. The van der Waals surface area contributed by atoms with Crippen LogP contribution in [0.3, 0.4) is 0 Å². The molecule has 0 aromatic rings. The molecule has 0 bridgehead atoms. The summed E-state index contributed by atoms with van der Waals surface area (Å²) in [5.74, 6) is 1.70. The third-order valence-electron chi connectivity index (χ3n) is 2.40. The molecule has 0 radical (unpaired) electrons. The molecule has 0 aromatic carbocycles. The standard InChI is InChI=1S/C13H29N3O/c1-5-14-13(16-10-11-17-4)15-9-7-6-8-12(2)3/h12H,5-11H2,1-4H3,(H2,14,15,16). The molecule has 4 heteroatoms. The molecule has 0 aliphatic carbocycles. The minimum atomic E-state index is 0.706. The summed E-state index contributed by atoms with van der Waals surface area (Å²) in [7, 11) is 1.71. The maximum absolute atomic E-state index is 4.99. The molecular weight excluding hydrogens is 214 g/mol. The Morgan fingerprint density at radius 3 is 2.59 bits per heavy atom. The first kappa shape index (κ1) is 16.2. The van der Waals surface area contributed by atoms with Crippen LogP contribution in [0.4, 0.5) is 0 Å². The lowest BCUT2D eigenvalue weighted by Crippen LogP contribution is -2.39. The van der Waals surface area contributed by atoms with E-state index in [9.17, 15) is 0 Å². The third kappa shape index (κ3) is 11.5. The summed E-state index contributed by atoms with van der Waals surface area (Å²) in [5, 5.41) is 6.46. The van der Waals surface area contributed by atoms with E-state index in [1.807, 2.05) is 0 Å². The average Bonchev–Trinajstić information content (AvgIpc) is 2.28. The maximum atomic E-state index is 4.99. The van der Waals surface area contributed by atoms with Crippen LogP contribution >= 0.6 is 0 Å². The Labute approximate surface area is 106 Å². The molecule has 0 unspecified atom stereocenters. The SMILES string of the molecule is CCNC(=NCCCCC(C)C)NCCOC. The van der Waals surface area contributed by atoms with Gasteiger partial charge in [-0.25, -0.2) is 0 Å². The van der Waals surface area contributed by atoms with Crippen molar-refractivity contribution >= 4 is 5.96 Å². The van der Waals surface area contributed by atoms with Crippen molar-refractivity contribution in [3.8, 4) is 0 Å². The van der Waals surface area contributed by atoms with E-state index in [0.717, 1.165) is 31.5 Å². The molecule has 0 aliphatic rings. The van der Waals surface area contributed by atoms with Gasteiger partial charge in [-0.2, -0.15) is 0 Å². The fraction of sp³-hybridized carbons (Fsp3) is 0.923. The normalized spacial score (nSPS) is 11.9. The Morgan fingerprint density at radius 2 is 2.00 bits per heavy atom. The van der Waals surface area contributed by atoms with Crippen molar-refractivity contribution in [1.29, 1.82) is 0 Å². The number of unbranched alkanes of at least 4 members (excludes halogenated alkanes) is 1. The van der Waals surface area contributed by atoms with Gasteiger partial charge in [-0.3, -0.25) is 4.99 Å². The number of nitrogens with zero attached hydrogens (tertiary/aromatic N) is 1. The summed E-state index contributed by atoms with van der Waals surface area (Å²) in [5.41, 5.74) is 0. The van der Waals surface area contributed by atoms with Crippen LogP contribution in [-0.4, -0.2) is 39.3 Å². The molecular formula is C13H29N3O. The molecule has 102 valence electrons. The van der Waals surface area contributed by atoms with E-state index in [1.165, 1.54) is 19.3 Å². The third-order valence-corrected chi connectivity index (χ3v) is 2.40. The molecule has 0 aliphatic heterocycles. The van der Waals surface area contributed by atoms with Gasteiger partial charge in [0.2, 0.25) is 0 Å². The van der Waals surface area contributed by atoms with Crippen molar-refractivity contribution in [3.63, 3.8) is 0 Å². The Balaban J connectivity index is 3.70. The zero-order chi connectivity index (χ0) is 12.9. The molecule has 0 amide bonds. The predicted octanol–water partition coefficient (Wildman–Crippen LogP) is 2.01. The van der Waals surface area contributed by atoms with Crippen molar-refractivity contribution in [2.24, 2.45) is 10.9 Å². The number of aliphatic imine (C=N–C) groups is 1. The van der Waals surface area contributed by atoms with Gasteiger partial charge >= 0.3 is 0 Å². The fourth-order valence-electron chi connectivity index (χ4n) is 1.47. The number of methoxy groups -OCH3 is 1. The summed E-state index contributed by atoms with van der Waals surface area (Å²) in [6.45, 7) is 9.90. The van der Waals surface area contributed by atoms with Gasteiger partial charge < -0.3 is 15.4 Å². The van der Waals surface area contributed by atoms with Gasteiger partial charge in [-0.1, -0.05) is 26.7 Å². The van der Waals surface area contributed by atoms with Gasteiger partial charge in [0.15, 0.2) is 5.96 Å². The number of guanidine groups is 1. The molecule has 0 heterocycles. The highest BCUT2D eigenvalue weighted by Gasteiger charge is 1.96. The molecule has 0 fully saturated rings.